The van der Waals surface area contributed by atoms with Gasteiger partial charge in [-0.1, -0.05) is 13.8 Å². The molecule has 1 aromatic carbocycles. The molecule has 0 fully saturated rings. The van der Waals surface area contributed by atoms with Crippen molar-refractivity contribution in [1.29, 1.82) is 0 Å². The molecule has 0 saturated carbocycles. The van der Waals surface area contributed by atoms with E-state index in [1.807, 2.05) is 13.8 Å². The maximum Gasteiger partial charge on any atom is 0.416 e. The van der Waals surface area contributed by atoms with Gasteiger partial charge in [-0.05, 0) is 41.9 Å². The number of hydrogen-bond acceptors (Lipinski definition) is 1. The van der Waals surface area contributed by atoms with E-state index in [-0.39, 0.29) is 17.7 Å². The normalized spacial score (nSPS) is 13.5. The van der Waals surface area contributed by atoms with Gasteiger partial charge < -0.3 is 4.43 Å². The zero-order chi connectivity index (χ0) is 17.2. The summed E-state index contributed by atoms with van der Waals surface area (Å²) in [6.07, 6.45) is -9.63. The highest BCUT2D eigenvalue weighted by molar-refractivity contribution is 6.73. The average Bonchev–Trinajstić information content (AvgIpc) is 2.43. The van der Waals surface area contributed by atoms with Gasteiger partial charge in [0.15, 0.2) is 8.32 Å². The Morgan fingerprint density at radius 1 is 0.864 bits per heavy atom. The largest absolute Gasteiger partial charge is 0.420 e. The van der Waals surface area contributed by atoms with Gasteiger partial charge >= 0.3 is 12.4 Å². The summed E-state index contributed by atoms with van der Waals surface area (Å²) in [7, 11) is -0.887. The molecule has 1 nitrogen and oxygen atoms in total. The molecular formula is C14H18F6OSi. The number of rotatable bonds is 5. The lowest BCUT2D eigenvalue weighted by molar-refractivity contribution is -0.143. The number of alkyl halides is 6. The van der Waals surface area contributed by atoms with E-state index in [1.165, 1.54) is 7.11 Å². The average molecular weight is 344 g/mol. The Labute approximate surface area is 126 Å². The van der Waals surface area contributed by atoms with E-state index in [9.17, 15) is 26.3 Å². The van der Waals surface area contributed by atoms with E-state index < -0.39 is 31.8 Å². The predicted octanol–water partition coefficient (Wildman–Crippen LogP) is 5.44. The SMILES string of the molecule is CC[Si](CC)(Cc1cc(C(F)(F)F)cc(C(F)(F)F)c1)OC. The van der Waals surface area contributed by atoms with Crippen molar-refractivity contribution in [2.75, 3.05) is 7.11 Å². The Balaban J connectivity index is 3.36. The first-order valence-electron chi connectivity index (χ1n) is 6.81. The van der Waals surface area contributed by atoms with E-state index in [0.29, 0.717) is 12.1 Å². The lowest BCUT2D eigenvalue weighted by Gasteiger charge is -2.28. The van der Waals surface area contributed by atoms with Gasteiger partial charge in [-0.2, -0.15) is 26.3 Å². The number of hydrogen-bond donors (Lipinski definition) is 0. The van der Waals surface area contributed by atoms with Crippen LogP contribution >= 0.6 is 0 Å². The minimum Gasteiger partial charge on any atom is -0.420 e. The van der Waals surface area contributed by atoms with Crippen LogP contribution in [-0.2, 0) is 22.8 Å². The maximum absolute atomic E-state index is 12.8. The van der Waals surface area contributed by atoms with Gasteiger partial charge in [-0.25, -0.2) is 0 Å². The highest BCUT2D eigenvalue weighted by atomic mass is 28.4. The lowest BCUT2D eigenvalue weighted by Crippen LogP contribution is -2.38. The summed E-state index contributed by atoms with van der Waals surface area (Å²) in [5, 5.41) is 0. The summed E-state index contributed by atoms with van der Waals surface area (Å²) < 4.78 is 82.4. The third kappa shape index (κ3) is 4.49. The quantitative estimate of drug-likeness (QED) is 0.511. The van der Waals surface area contributed by atoms with E-state index >= 15 is 0 Å². The van der Waals surface area contributed by atoms with Gasteiger partial charge in [0.2, 0.25) is 0 Å². The first-order valence-corrected chi connectivity index (χ1v) is 9.34. The van der Waals surface area contributed by atoms with Gasteiger partial charge in [-0.15, -0.1) is 0 Å². The van der Waals surface area contributed by atoms with E-state index in [2.05, 4.69) is 0 Å². The van der Waals surface area contributed by atoms with Gasteiger partial charge in [0.05, 0.1) is 11.1 Å². The van der Waals surface area contributed by atoms with Crippen LogP contribution in [0.1, 0.15) is 30.5 Å². The molecule has 0 aliphatic carbocycles. The molecule has 0 bridgehead atoms. The van der Waals surface area contributed by atoms with Crippen molar-refractivity contribution >= 4 is 8.32 Å². The molecule has 0 saturated heterocycles. The molecule has 0 aromatic heterocycles. The van der Waals surface area contributed by atoms with Crippen molar-refractivity contribution in [3.05, 3.63) is 34.9 Å². The third-order valence-electron chi connectivity index (χ3n) is 3.90. The second kappa shape index (κ2) is 6.62. The molecule has 0 aliphatic rings. The molecule has 126 valence electrons. The monoisotopic (exact) mass is 344 g/mol. The Morgan fingerprint density at radius 3 is 1.55 bits per heavy atom. The Kier molecular flexibility index (Phi) is 5.72. The fourth-order valence-corrected chi connectivity index (χ4v) is 5.02. The molecule has 22 heavy (non-hydrogen) atoms. The molecule has 0 heterocycles. The van der Waals surface area contributed by atoms with Crippen LogP contribution in [0.15, 0.2) is 18.2 Å². The third-order valence-corrected chi connectivity index (χ3v) is 8.39. The van der Waals surface area contributed by atoms with Gasteiger partial charge in [0, 0.05) is 7.11 Å². The summed E-state index contributed by atoms with van der Waals surface area (Å²) in [6, 6.07) is 3.11. The van der Waals surface area contributed by atoms with Crippen LogP contribution in [0.3, 0.4) is 0 Å². The molecular weight excluding hydrogens is 326 g/mol. The fourth-order valence-electron chi connectivity index (χ4n) is 2.35. The van der Waals surface area contributed by atoms with Gasteiger partial charge in [-0.3, -0.25) is 0 Å². The first-order chi connectivity index (χ1) is 9.97. The van der Waals surface area contributed by atoms with Crippen molar-refractivity contribution in [3.63, 3.8) is 0 Å². The minimum absolute atomic E-state index is 0.0272. The van der Waals surface area contributed by atoms with Crippen LogP contribution in [-0.4, -0.2) is 15.4 Å². The highest BCUT2D eigenvalue weighted by Gasteiger charge is 2.38. The molecule has 0 atom stereocenters. The number of benzene rings is 1. The van der Waals surface area contributed by atoms with Gasteiger partial charge in [0.1, 0.15) is 0 Å². The van der Waals surface area contributed by atoms with Crippen molar-refractivity contribution in [3.8, 4) is 0 Å². The summed E-state index contributed by atoms with van der Waals surface area (Å²) in [5.41, 5.74) is -2.52. The van der Waals surface area contributed by atoms with E-state index in [0.717, 1.165) is 12.1 Å². The molecule has 0 amide bonds. The van der Waals surface area contributed by atoms with Crippen LogP contribution < -0.4 is 0 Å². The van der Waals surface area contributed by atoms with Crippen LogP contribution in [0.4, 0.5) is 26.3 Å². The Bertz CT molecular complexity index is 465. The molecule has 0 spiro atoms. The van der Waals surface area contributed by atoms with Crippen LogP contribution in [0, 0.1) is 0 Å². The maximum atomic E-state index is 12.8. The fraction of sp³-hybridized carbons (Fsp3) is 0.571. The van der Waals surface area contributed by atoms with Crippen molar-refractivity contribution < 1.29 is 30.8 Å². The van der Waals surface area contributed by atoms with Crippen molar-refractivity contribution in [2.24, 2.45) is 0 Å². The lowest BCUT2D eigenvalue weighted by atomic mass is 10.1. The zero-order valence-corrected chi connectivity index (χ0v) is 13.5. The zero-order valence-electron chi connectivity index (χ0n) is 12.5. The highest BCUT2D eigenvalue weighted by Crippen LogP contribution is 2.37. The molecule has 0 N–H and O–H groups in total. The molecule has 0 unspecified atom stereocenters. The number of halogens is 6. The van der Waals surface area contributed by atoms with Crippen molar-refractivity contribution in [2.45, 2.75) is 44.3 Å². The van der Waals surface area contributed by atoms with Crippen molar-refractivity contribution in [1.82, 2.24) is 0 Å². The van der Waals surface area contributed by atoms with Crippen LogP contribution in [0.2, 0.25) is 12.1 Å². The summed E-state index contributed by atoms with van der Waals surface area (Å²) in [5.74, 6) is 0. The predicted molar refractivity (Wildman–Crippen MR) is 73.9 cm³/mol. The Morgan fingerprint density at radius 2 is 1.27 bits per heavy atom. The molecule has 0 aliphatic heterocycles. The summed E-state index contributed by atoms with van der Waals surface area (Å²) in [6.45, 7) is 3.69. The second-order valence-corrected chi connectivity index (χ2v) is 9.73. The molecule has 1 rings (SSSR count). The van der Waals surface area contributed by atoms with E-state index in [1.54, 1.807) is 0 Å². The summed E-state index contributed by atoms with van der Waals surface area (Å²) >= 11 is 0. The standard InChI is InChI=1S/C14H18F6OSi/c1-4-22(5-2,21-3)9-10-6-11(13(15,16)17)8-12(7-10)14(18,19)20/h6-8H,4-5,9H2,1-3H3. The van der Waals surface area contributed by atoms with Gasteiger partial charge in [0.25, 0.3) is 0 Å². The molecule has 1 aromatic rings. The van der Waals surface area contributed by atoms with Crippen LogP contribution in [0.25, 0.3) is 0 Å². The smallest absolute Gasteiger partial charge is 0.416 e. The summed E-state index contributed by atoms with van der Waals surface area (Å²) in [4.78, 5) is 0. The topological polar surface area (TPSA) is 9.23 Å². The molecule has 8 heteroatoms. The second-order valence-electron chi connectivity index (χ2n) is 5.19. The minimum atomic E-state index is -4.81. The Hall–Kier alpha value is -1.02. The first kappa shape index (κ1) is 19.0. The van der Waals surface area contributed by atoms with E-state index in [4.69, 9.17) is 4.43 Å². The molecule has 0 radical (unpaired) electrons. The van der Waals surface area contributed by atoms with Crippen LogP contribution in [0.5, 0.6) is 0 Å².